The molecule has 0 radical (unpaired) electrons. The van der Waals surface area contributed by atoms with Gasteiger partial charge in [0.2, 0.25) is 0 Å². The lowest BCUT2D eigenvalue weighted by Crippen LogP contribution is -2.51. The van der Waals surface area contributed by atoms with Crippen molar-refractivity contribution in [3.05, 3.63) is 53.1 Å². The van der Waals surface area contributed by atoms with E-state index in [-0.39, 0.29) is 18.4 Å². The largest absolute Gasteiger partial charge is 0.455 e. The molecule has 0 aliphatic carbocycles. The molecule has 31 heavy (non-hydrogen) atoms. The van der Waals surface area contributed by atoms with Gasteiger partial charge in [-0.3, -0.25) is 4.90 Å². The number of fused-ring (bicyclic) bond motifs is 2. The molecule has 5 nitrogen and oxygen atoms in total. The Kier molecular flexibility index (Phi) is 6.95. The SMILES string of the molecule is Cl.O=C(N1CCC(N2CCCCC2)CC1)N1Cc2ccccc2Oc2ccc(Cl)cc21. The summed E-state index contributed by atoms with van der Waals surface area (Å²) in [5.74, 6) is 1.46. The second kappa shape index (κ2) is 9.68. The molecule has 0 saturated carbocycles. The third kappa shape index (κ3) is 4.64. The van der Waals surface area contributed by atoms with Crippen molar-refractivity contribution in [2.24, 2.45) is 0 Å². The van der Waals surface area contributed by atoms with Crippen molar-refractivity contribution in [3.63, 3.8) is 0 Å². The fraction of sp³-hybridized carbons (Fsp3) is 0.458. The van der Waals surface area contributed by atoms with Gasteiger partial charge in [-0.1, -0.05) is 36.2 Å². The van der Waals surface area contributed by atoms with E-state index in [1.54, 1.807) is 6.07 Å². The van der Waals surface area contributed by atoms with Gasteiger partial charge in [0, 0.05) is 29.7 Å². The molecule has 0 atom stereocenters. The number of ether oxygens (including phenoxy) is 1. The van der Waals surface area contributed by atoms with Crippen molar-refractivity contribution in [3.8, 4) is 11.5 Å². The van der Waals surface area contributed by atoms with Crippen molar-refractivity contribution in [2.75, 3.05) is 31.1 Å². The summed E-state index contributed by atoms with van der Waals surface area (Å²) in [6.07, 6.45) is 6.08. The van der Waals surface area contributed by atoms with Gasteiger partial charge in [-0.05, 0) is 63.0 Å². The van der Waals surface area contributed by atoms with Crippen molar-refractivity contribution >= 4 is 35.7 Å². The highest BCUT2D eigenvalue weighted by Gasteiger charge is 2.32. The average molecular weight is 462 g/mol. The first-order valence-electron chi connectivity index (χ1n) is 11.0. The second-order valence-corrected chi connectivity index (χ2v) is 8.94. The number of hydrogen-bond donors (Lipinski definition) is 0. The number of carbonyl (C=O) groups is 1. The predicted octanol–water partition coefficient (Wildman–Crippen LogP) is 5.94. The van der Waals surface area contributed by atoms with E-state index in [1.165, 1.54) is 32.4 Å². The molecule has 166 valence electrons. The number of para-hydroxylation sites is 1. The molecule has 3 heterocycles. The third-order valence-corrected chi connectivity index (χ3v) is 6.84. The van der Waals surface area contributed by atoms with E-state index in [1.807, 2.05) is 46.2 Å². The third-order valence-electron chi connectivity index (χ3n) is 6.61. The highest BCUT2D eigenvalue weighted by atomic mass is 35.5. The van der Waals surface area contributed by atoms with Crippen LogP contribution >= 0.6 is 24.0 Å². The van der Waals surface area contributed by atoms with Crippen LogP contribution in [-0.4, -0.2) is 48.1 Å². The molecular weight excluding hydrogens is 433 g/mol. The first-order chi connectivity index (χ1) is 14.7. The number of carbonyl (C=O) groups excluding carboxylic acids is 1. The van der Waals surface area contributed by atoms with Crippen molar-refractivity contribution in [1.82, 2.24) is 9.80 Å². The number of rotatable bonds is 1. The maximum absolute atomic E-state index is 13.6. The fourth-order valence-corrected chi connectivity index (χ4v) is 5.11. The summed E-state index contributed by atoms with van der Waals surface area (Å²) >= 11 is 6.29. The van der Waals surface area contributed by atoms with Crippen LogP contribution in [0, 0.1) is 0 Å². The van der Waals surface area contributed by atoms with Gasteiger partial charge in [0.25, 0.3) is 0 Å². The molecule has 5 rings (SSSR count). The first kappa shape index (κ1) is 22.3. The van der Waals surface area contributed by atoms with Crippen LogP contribution in [0.1, 0.15) is 37.7 Å². The summed E-state index contributed by atoms with van der Waals surface area (Å²) in [7, 11) is 0. The highest BCUT2D eigenvalue weighted by Crippen LogP contribution is 2.41. The van der Waals surface area contributed by atoms with Crippen molar-refractivity contribution in [1.29, 1.82) is 0 Å². The zero-order valence-electron chi connectivity index (χ0n) is 17.6. The molecule has 3 aliphatic rings. The molecule has 0 bridgehead atoms. The summed E-state index contributed by atoms with van der Waals surface area (Å²) in [4.78, 5) is 20.1. The van der Waals surface area contributed by atoms with Crippen LogP contribution in [0.3, 0.4) is 0 Å². The minimum atomic E-state index is 0. The van der Waals surface area contributed by atoms with E-state index in [0.29, 0.717) is 23.4 Å². The van der Waals surface area contributed by atoms with Crippen LogP contribution in [0.5, 0.6) is 11.5 Å². The number of nitrogens with zero attached hydrogens (tertiary/aromatic N) is 3. The standard InChI is InChI=1S/C24H28ClN3O2.ClH/c25-19-8-9-23-21(16-19)28(17-18-6-2-3-7-22(18)30-23)24(29)27-14-10-20(11-15-27)26-12-4-1-5-13-26;/h2-3,6-9,16,20H,1,4-5,10-15,17H2;1H. The Balaban J connectivity index is 0.00000231. The highest BCUT2D eigenvalue weighted by molar-refractivity contribution is 6.31. The van der Waals surface area contributed by atoms with E-state index in [9.17, 15) is 4.79 Å². The number of amides is 2. The minimum Gasteiger partial charge on any atom is -0.455 e. The summed E-state index contributed by atoms with van der Waals surface area (Å²) < 4.78 is 6.14. The number of piperidine rings is 2. The molecule has 0 spiro atoms. The minimum absolute atomic E-state index is 0. The average Bonchev–Trinajstić information content (AvgIpc) is 2.96. The predicted molar refractivity (Wildman–Crippen MR) is 127 cm³/mol. The van der Waals surface area contributed by atoms with E-state index in [0.717, 1.165) is 42.9 Å². The van der Waals surface area contributed by atoms with Gasteiger partial charge in [0.15, 0.2) is 5.75 Å². The van der Waals surface area contributed by atoms with Gasteiger partial charge in [0.05, 0.1) is 12.2 Å². The Morgan fingerprint density at radius 2 is 1.68 bits per heavy atom. The van der Waals surface area contributed by atoms with Gasteiger partial charge in [-0.2, -0.15) is 0 Å². The molecule has 2 aromatic rings. The topological polar surface area (TPSA) is 36.0 Å². The fourth-order valence-electron chi connectivity index (χ4n) is 4.94. The first-order valence-corrected chi connectivity index (χ1v) is 11.4. The molecule has 2 aromatic carbocycles. The summed E-state index contributed by atoms with van der Waals surface area (Å²) in [6.45, 7) is 4.51. The number of anilines is 1. The number of likely N-dealkylation sites (tertiary alicyclic amines) is 2. The lowest BCUT2D eigenvalue weighted by molar-refractivity contribution is 0.103. The van der Waals surface area contributed by atoms with Crippen LogP contribution in [0.25, 0.3) is 0 Å². The molecule has 3 aliphatic heterocycles. The quantitative estimate of drug-likeness (QED) is 0.526. The van der Waals surface area contributed by atoms with Gasteiger partial charge >= 0.3 is 6.03 Å². The van der Waals surface area contributed by atoms with Crippen LogP contribution in [0.2, 0.25) is 5.02 Å². The lowest BCUT2D eigenvalue weighted by Gasteiger charge is -2.41. The molecular formula is C24H29Cl2N3O2. The molecule has 2 saturated heterocycles. The summed E-state index contributed by atoms with van der Waals surface area (Å²) in [6, 6.07) is 14.1. The van der Waals surface area contributed by atoms with Crippen molar-refractivity contribution in [2.45, 2.75) is 44.7 Å². The van der Waals surface area contributed by atoms with E-state index < -0.39 is 0 Å². The Morgan fingerprint density at radius 3 is 2.45 bits per heavy atom. The molecule has 0 aromatic heterocycles. The van der Waals surface area contributed by atoms with Crippen LogP contribution in [-0.2, 0) is 6.54 Å². The van der Waals surface area contributed by atoms with Crippen molar-refractivity contribution < 1.29 is 9.53 Å². The van der Waals surface area contributed by atoms with Crippen LogP contribution < -0.4 is 9.64 Å². The van der Waals surface area contributed by atoms with E-state index >= 15 is 0 Å². The second-order valence-electron chi connectivity index (χ2n) is 8.51. The van der Waals surface area contributed by atoms with E-state index in [4.69, 9.17) is 16.3 Å². The van der Waals surface area contributed by atoms with Crippen LogP contribution in [0.4, 0.5) is 10.5 Å². The smallest absolute Gasteiger partial charge is 0.324 e. The number of halogens is 2. The number of urea groups is 1. The van der Waals surface area contributed by atoms with Gasteiger partial charge < -0.3 is 14.5 Å². The Hall–Kier alpha value is -1.95. The molecule has 2 amide bonds. The maximum Gasteiger partial charge on any atom is 0.324 e. The van der Waals surface area contributed by atoms with Crippen LogP contribution in [0.15, 0.2) is 42.5 Å². The zero-order valence-corrected chi connectivity index (χ0v) is 19.2. The molecule has 2 fully saturated rings. The van der Waals surface area contributed by atoms with Gasteiger partial charge in [0.1, 0.15) is 5.75 Å². The van der Waals surface area contributed by atoms with Gasteiger partial charge in [-0.25, -0.2) is 4.79 Å². The number of benzene rings is 2. The monoisotopic (exact) mass is 461 g/mol. The van der Waals surface area contributed by atoms with E-state index in [2.05, 4.69) is 4.90 Å². The molecule has 0 N–H and O–H groups in total. The summed E-state index contributed by atoms with van der Waals surface area (Å²) in [5, 5.41) is 0.602. The molecule has 7 heteroatoms. The zero-order chi connectivity index (χ0) is 20.5. The normalized spacial score (nSPS) is 19.5. The lowest BCUT2D eigenvalue weighted by atomic mass is 10.00. The van der Waals surface area contributed by atoms with Gasteiger partial charge in [-0.15, -0.1) is 12.4 Å². The Bertz CT molecular complexity index is 925. The Morgan fingerprint density at radius 1 is 0.935 bits per heavy atom. The maximum atomic E-state index is 13.6. The summed E-state index contributed by atoms with van der Waals surface area (Å²) in [5.41, 5.74) is 1.74. The number of hydrogen-bond acceptors (Lipinski definition) is 3. The Labute approximate surface area is 195 Å². The molecule has 0 unspecified atom stereocenters.